The summed E-state index contributed by atoms with van der Waals surface area (Å²) in [7, 11) is 0. The Labute approximate surface area is 81.2 Å². The van der Waals surface area contributed by atoms with Crippen molar-refractivity contribution < 1.29 is 5.11 Å². The Balaban J connectivity index is 2.81. The first-order valence-corrected chi connectivity index (χ1v) is 5.02. The van der Waals surface area contributed by atoms with E-state index in [1.54, 1.807) is 0 Å². The maximum Gasteiger partial charge on any atom is 0.0496 e. The van der Waals surface area contributed by atoms with Crippen molar-refractivity contribution in [2.75, 3.05) is 6.61 Å². The molecule has 1 aliphatic carbocycles. The molecule has 0 amide bonds. The van der Waals surface area contributed by atoms with Gasteiger partial charge in [-0.3, -0.25) is 0 Å². The molecule has 0 aromatic heterocycles. The molecule has 0 heterocycles. The second-order valence-electron chi connectivity index (χ2n) is 4.37. The van der Waals surface area contributed by atoms with Crippen LogP contribution in [0.2, 0.25) is 0 Å². The molecule has 0 fully saturated rings. The summed E-state index contributed by atoms with van der Waals surface area (Å²) in [6.07, 6.45) is 7.24. The molecule has 0 aromatic rings. The van der Waals surface area contributed by atoms with Gasteiger partial charge in [-0.25, -0.2) is 0 Å². The average molecular weight is 180 g/mol. The van der Waals surface area contributed by atoms with Crippen LogP contribution in [-0.4, -0.2) is 11.7 Å². The summed E-state index contributed by atoms with van der Waals surface area (Å²) in [5.74, 6) is 0.570. The first-order chi connectivity index (χ1) is 6.14. The van der Waals surface area contributed by atoms with E-state index in [0.29, 0.717) is 5.92 Å². The summed E-state index contributed by atoms with van der Waals surface area (Å²) in [5, 5.41) is 9.45. The highest BCUT2D eigenvalue weighted by atomic mass is 16.3. The molecule has 2 unspecified atom stereocenters. The molecule has 0 aromatic carbocycles. The van der Waals surface area contributed by atoms with Crippen molar-refractivity contribution in [3.63, 3.8) is 0 Å². The lowest BCUT2D eigenvalue weighted by molar-refractivity contribution is 0.0669. The average Bonchev–Trinajstić information content (AvgIpc) is 2.11. The zero-order chi connectivity index (χ0) is 9.90. The zero-order valence-corrected chi connectivity index (χ0v) is 8.71. The summed E-state index contributed by atoms with van der Waals surface area (Å²) >= 11 is 0. The summed E-state index contributed by atoms with van der Waals surface area (Å²) < 4.78 is 0. The minimum Gasteiger partial charge on any atom is -0.396 e. The maximum absolute atomic E-state index is 9.45. The van der Waals surface area contributed by atoms with Crippen LogP contribution in [0, 0.1) is 11.3 Å². The van der Waals surface area contributed by atoms with Gasteiger partial charge in [-0.15, -0.1) is 6.58 Å². The highest BCUT2D eigenvalue weighted by Crippen LogP contribution is 2.42. The van der Waals surface area contributed by atoms with E-state index in [1.807, 2.05) is 6.08 Å². The molecule has 2 atom stereocenters. The number of hydrogen-bond donors (Lipinski definition) is 1. The van der Waals surface area contributed by atoms with Crippen LogP contribution in [0.25, 0.3) is 0 Å². The largest absolute Gasteiger partial charge is 0.396 e. The monoisotopic (exact) mass is 180 g/mol. The Hall–Kier alpha value is -0.560. The van der Waals surface area contributed by atoms with Gasteiger partial charge in [0, 0.05) is 12.0 Å². The first kappa shape index (κ1) is 10.5. The third-order valence-corrected chi connectivity index (χ3v) is 3.40. The minimum atomic E-state index is 0.0707. The van der Waals surface area contributed by atoms with Crippen LogP contribution >= 0.6 is 0 Å². The minimum absolute atomic E-state index is 0.0707. The molecule has 13 heavy (non-hydrogen) atoms. The topological polar surface area (TPSA) is 20.2 Å². The van der Waals surface area contributed by atoms with Crippen molar-refractivity contribution in [1.29, 1.82) is 0 Å². The van der Waals surface area contributed by atoms with E-state index in [4.69, 9.17) is 0 Å². The Kier molecular flexibility index (Phi) is 3.32. The van der Waals surface area contributed by atoms with E-state index in [1.165, 1.54) is 5.57 Å². The molecule has 0 aliphatic heterocycles. The molecule has 1 aliphatic rings. The van der Waals surface area contributed by atoms with Crippen molar-refractivity contribution in [3.05, 3.63) is 24.3 Å². The van der Waals surface area contributed by atoms with Crippen molar-refractivity contribution in [1.82, 2.24) is 0 Å². The van der Waals surface area contributed by atoms with Crippen LogP contribution in [0.1, 0.15) is 33.1 Å². The predicted octanol–water partition coefficient (Wildman–Crippen LogP) is 2.92. The van der Waals surface area contributed by atoms with Gasteiger partial charge in [0.2, 0.25) is 0 Å². The van der Waals surface area contributed by atoms with E-state index in [2.05, 4.69) is 26.5 Å². The molecule has 0 spiro atoms. The van der Waals surface area contributed by atoms with E-state index in [0.717, 1.165) is 19.3 Å². The quantitative estimate of drug-likeness (QED) is 0.662. The summed E-state index contributed by atoms with van der Waals surface area (Å²) in [6, 6.07) is 0. The second-order valence-corrected chi connectivity index (χ2v) is 4.37. The Bertz CT molecular complexity index is 217. The van der Waals surface area contributed by atoms with Gasteiger partial charge >= 0.3 is 0 Å². The fourth-order valence-electron chi connectivity index (χ4n) is 2.22. The maximum atomic E-state index is 9.45. The normalized spacial score (nSPS) is 34.1. The molecule has 1 heteroatoms. The SMILES string of the molecule is C=CCC1(CO)CC=C(C)CC1C. The molecule has 1 N–H and O–H groups in total. The van der Waals surface area contributed by atoms with Crippen molar-refractivity contribution in [2.45, 2.75) is 33.1 Å². The van der Waals surface area contributed by atoms with Crippen LogP contribution in [-0.2, 0) is 0 Å². The molecule has 1 nitrogen and oxygen atoms in total. The summed E-state index contributed by atoms with van der Waals surface area (Å²) in [4.78, 5) is 0. The van der Waals surface area contributed by atoms with Crippen LogP contribution in [0.5, 0.6) is 0 Å². The van der Waals surface area contributed by atoms with Gasteiger partial charge in [0.05, 0.1) is 0 Å². The number of aliphatic hydroxyl groups is 1. The van der Waals surface area contributed by atoms with Crippen LogP contribution in [0.15, 0.2) is 24.3 Å². The number of allylic oxidation sites excluding steroid dienone is 3. The molecule has 0 saturated heterocycles. The number of hydrogen-bond acceptors (Lipinski definition) is 1. The zero-order valence-electron chi connectivity index (χ0n) is 8.71. The highest BCUT2D eigenvalue weighted by molar-refractivity contribution is 5.10. The number of aliphatic hydroxyl groups excluding tert-OH is 1. The van der Waals surface area contributed by atoms with Gasteiger partial charge in [-0.1, -0.05) is 24.6 Å². The molecule has 74 valence electrons. The molecule has 0 saturated carbocycles. The van der Waals surface area contributed by atoms with Crippen LogP contribution in [0.3, 0.4) is 0 Å². The molecular formula is C12H20O. The van der Waals surface area contributed by atoms with E-state index in [-0.39, 0.29) is 12.0 Å². The second kappa shape index (κ2) is 4.10. The molecule has 0 bridgehead atoms. The summed E-state index contributed by atoms with van der Waals surface area (Å²) in [5.41, 5.74) is 1.53. The third kappa shape index (κ3) is 2.02. The van der Waals surface area contributed by atoms with Gasteiger partial charge in [-0.05, 0) is 32.1 Å². The first-order valence-electron chi connectivity index (χ1n) is 5.02. The lowest BCUT2D eigenvalue weighted by atomic mass is 9.66. The lowest BCUT2D eigenvalue weighted by Gasteiger charge is -2.39. The standard InChI is InChI=1S/C12H20O/c1-4-6-12(9-13)7-5-10(2)8-11(12)3/h4-5,11,13H,1,6-9H2,2-3H3. The van der Waals surface area contributed by atoms with Gasteiger partial charge < -0.3 is 5.11 Å². The van der Waals surface area contributed by atoms with Crippen molar-refractivity contribution in [3.8, 4) is 0 Å². The van der Waals surface area contributed by atoms with Gasteiger partial charge in [-0.2, -0.15) is 0 Å². The van der Waals surface area contributed by atoms with Crippen molar-refractivity contribution >= 4 is 0 Å². The smallest absolute Gasteiger partial charge is 0.0496 e. The van der Waals surface area contributed by atoms with E-state index >= 15 is 0 Å². The van der Waals surface area contributed by atoms with E-state index in [9.17, 15) is 5.11 Å². The van der Waals surface area contributed by atoms with Gasteiger partial charge in [0.1, 0.15) is 0 Å². The Morgan fingerprint density at radius 2 is 2.46 bits per heavy atom. The molecule has 1 rings (SSSR count). The Morgan fingerprint density at radius 1 is 1.77 bits per heavy atom. The summed E-state index contributed by atoms with van der Waals surface area (Å²) in [6.45, 7) is 8.46. The fraction of sp³-hybridized carbons (Fsp3) is 0.667. The molecule has 0 radical (unpaired) electrons. The van der Waals surface area contributed by atoms with Gasteiger partial charge in [0.25, 0.3) is 0 Å². The highest BCUT2D eigenvalue weighted by Gasteiger charge is 2.35. The molecular weight excluding hydrogens is 160 g/mol. The number of rotatable bonds is 3. The van der Waals surface area contributed by atoms with Crippen LogP contribution in [0.4, 0.5) is 0 Å². The lowest BCUT2D eigenvalue weighted by Crippen LogP contribution is -2.34. The van der Waals surface area contributed by atoms with Crippen LogP contribution < -0.4 is 0 Å². The Morgan fingerprint density at radius 3 is 2.92 bits per heavy atom. The van der Waals surface area contributed by atoms with Crippen molar-refractivity contribution in [2.24, 2.45) is 11.3 Å². The fourth-order valence-corrected chi connectivity index (χ4v) is 2.22. The van der Waals surface area contributed by atoms with E-state index < -0.39 is 0 Å². The third-order valence-electron chi connectivity index (χ3n) is 3.40. The van der Waals surface area contributed by atoms with Gasteiger partial charge in [0.15, 0.2) is 0 Å². The predicted molar refractivity (Wildman–Crippen MR) is 56.5 cm³/mol.